The molecule has 4 N–H and O–H groups in total. The summed E-state index contributed by atoms with van der Waals surface area (Å²) in [5.41, 5.74) is 0. The van der Waals surface area contributed by atoms with Crippen LogP contribution in [0.2, 0.25) is 0 Å². The molecule has 1 saturated heterocycles. The molecule has 1 rings (SSSR count). The second kappa shape index (κ2) is 4.11. The van der Waals surface area contributed by atoms with E-state index in [0.717, 1.165) is 0 Å². The predicted octanol–water partition coefficient (Wildman–Crippen LogP) is -0.991. The Bertz CT molecular complexity index is 281. The molecule has 14 heavy (non-hydrogen) atoms. The minimum atomic E-state index is -0.687. The van der Waals surface area contributed by atoms with Crippen LogP contribution in [-0.4, -0.2) is 33.2 Å². The zero-order valence-electron chi connectivity index (χ0n) is 6.91. The van der Waals surface area contributed by atoms with Gasteiger partial charge in [-0.2, -0.15) is 0 Å². The van der Waals surface area contributed by atoms with Crippen molar-refractivity contribution in [3.8, 4) is 0 Å². The lowest BCUT2D eigenvalue weighted by Gasteiger charge is -2.01. The van der Waals surface area contributed by atoms with Gasteiger partial charge in [0.25, 0.3) is 5.82 Å². The Labute approximate surface area is 77.5 Å². The highest BCUT2D eigenvalue weighted by atomic mass is 16.6. The van der Waals surface area contributed by atoms with E-state index in [-0.39, 0.29) is 15.5 Å². The number of rotatable bonds is 2. The zero-order valence-corrected chi connectivity index (χ0v) is 6.91. The highest BCUT2D eigenvalue weighted by molar-refractivity contribution is 5.01. The minimum Gasteiger partial charge on any atom is -0.587 e. The molecule has 0 spiro atoms. The predicted molar refractivity (Wildman–Crippen MR) is 38.7 cm³/mol. The van der Waals surface area contributed by atoms with Gasteiger partial charge < -0.3 is 31.5 Å². The maximum absolute atomic E-state index is 10.8. The van der Waals surface area contributed by atoms with Crippen LogP contribution in [0.5, 0.6) is 0 Å². The van der Waals surface area contributed by atoms with E-state index in [9.17, 15) is 10.4 Å². The van der Waals surface area contributed by atoms with Crippen molar-refractivity contribution in [1.29, 1.82) is 0 Å². The van der Waals surface area contributed by atoms with Crippen LogP contribution in [-0.2, 0) is 0 Å². The van der Waals surface area contributed by atoms with Gasteiger partial charge in [-0.25, -0.2) is 0 Å². The van der Waals surface area contributed by atoms with Crippen LogP contribution in [0.15, 0.2) is 22.2 Å². The first kappa shape index (κ1) is 9.83. The summed E-state index contributed by atoms with van der Waals surface area (Å²) in [5, 5.41) is 47.8. The molecule has 1 aliphatic rings. The van der Waals surface area contributed by atoms with Gasteiger partial charge in [0.1, 0.15) is 0 Å². The summed E-state index contributed by atoms with van der Waals surface area (Å²) >= 11 is 0. The van der Waals surface area contributed by atoms with Gasteiger partial charge in [-0.15, -0.1) is 0 Å². The van der Waals surface area contributed by atoms with Gasteiger partial charge >= 0.3 is 5.82 Å². The van der Waals surface area contributed by atoms with Crippen molar-refractivity contribution in [2.75, 3.05) is 13.1 Å². The third-order valence-electron chi connectivity index (χ3n) is 1.48. The number of hydrogen-bond donors (Lipinski definition) is 4. The Morgan fingerprint density at radius 3 is 1.93 bits per heavy atom. The van der Waals surface area contributed by atoms with Gasteiger partial charge in [0.05, 0.1) is 9.72 Å². The summed E-state index contributed by atoms with van der Waals surface area (Å²) in [6.45, 7) is 0.995. The van der Waals surface area contributed by atoms with Crippen molar-refractivity contribution >= 4 is 0 Å². The maximum Gasteiger partial charge on any atom is 0.564 e. The SMILES string of the molecule is [O-]/[N+](=N\O)C(=C1NCCN1)/[N+]([O-])=N/O. The second-order valence-electron chi connectivity index (χ2n) is 2.28. The lowest BCUT2D eigenvalue weighted by atomic mass is 10.6. The molecule has 0 atom stereocenters. The third kappa shape index (κ3) is 1.73. The molecule has 0 aromatic carbocycles. The number of hydrogen-bond acceptors (Lipinski definition) is 6. The minimum absolute atomic E-state index is 0.0330. The molecular weight excluding hydrogens is 196 g/mol. The van der Waals surface area contributed by atoms with Crippen LogP contribution in [0, 0.1) is 10.4 Å². The number of nitrogens with zero attached hydrogens (tertiary/aromatic N) is 4. The first-order valence-electron chi connectivity index (χ1n) is 3.57. The van der Waals surface area contributed by atoms with Crippen LogP contribution in [0.4, 0.5) is 0 Å². The van der Waals surface area contributed by atoms with Crippen molar-refractivity contribution in [3.63, 3.8) is 0 Å². The summed E-state index contributed by atoms with van der Waals surface area (Å²) < 4.78 is 0. The highest BCUT2D eigenvalue weighted by Gasteiger charge is 2.31. The third-order valence-corrected chi connectivity index (χ3v) is 1.48. The van der Waals surface area contributed by atoms with Crippen LogP contribution in [0.1, 0.15) is 0 Å². The van der Waals surface area contributed by atoms with Crippen molar-refractivity contribution < 1.29 is 20.1 Å². The summed E-state index contributed by atoms with van der Waals surface area (Å²) in [5.74, 6) is -0.655. The number of hydroxylamine groups is 2. The van der Waals surface area contributed by atoms with E-state index in [1.807, 2.05) is 0 Å². The Hall–Kier alpha value is -2.26. The summed E-state index contributed by atoms with van der Waals surface area (Å²) in [4.78, 5) is -0.763. The molecular formula is C4H8N6O4. The van der Waals surface area contributed by atoms with E-state index in [1.54, 1.807) is 0 Å². The normalized spacial score (nSPS) is 17.6. The first-order chi connectivity index (χ1) is 6.70. The largest absolute Gasteiger partial charge is 0.587 e. The lowest BCUT2D eigenvalue weighted by molar-refractivity contribution is -0.683. The van der Waals surface area contributed by atoms with E-state index in [2.05, 4.69) is 21.2 Å². The Balaban J connectivity index is 3.10. The Morgan fingerprint density at radius 1 is 1.14 bits per heavy atom. The molecule has 1 fully saturated rings. The molecule has 10 nitrogen and oxygen atoms in total. The molecule has 0 bridgehead atoms. The smallest absolute Gasteiger partial charge is 0.564 e. The molecule has 10 heteroatoms. The molecule has 0 radical (unpaired) electrons. The van der Waals surface area contributed by atoms with Gasteiger partial charge in [-0.3, -0.25) is 0 Å². The van der Waals surface area contributed by atoms with Crippen LogP contribution in [0.25, 0.3) is 0 Å². The number of nitrogens with one attached hydrogen (secondary N) is 2. The van der Waals surface area contributed by atoms with Gasteiger partial charge in [0.2, 0.25) is 10.6 Å². The van der Waals surface area contributed by atoms with Crippen LogP contribution < -0.4 is 10.6 Å². The van der Waals surface area contributed by atoms with Crippen molar-refractivity contribution in [2.45, 2.75) is 0 Å². The van der Waals surface area contributed by atoms with Crippen molar-refractivity contribution in [3.05, 3.63) is 22.1 Å². The fourth-order valence-corrected chi connectivity index (χ4v) is 0.945. The molecule has 78 valence electrons. The topological polar surface area (TPSA) is 141 Å². The van der Waals surface area contributed by atoms with Gasteiger partial charge in [0.15, 0.2) is 0 Å². The summed E-state index contributed by atoms with van der Waals surface area (Å²) in [6.07, 6.45) is 0. The van der Waals surface area contributed by atoms with E-state index < -0.39 is 5.82 Å². The maximum atomic E-state index is 10.8. The fourth-order valence-electron chi connectivity index (χ4n) is 0.945. The molecule has 0 aromatic heterocycles. The van der Waals surface area contributed by atoms with E-state index in [4.69, 9.17) is 10.4 Å². The van der Waals surface area contributed by atoms with Gasteiger partial charge in [0, 0.05) is 13.1 Å². The molecule has 0 amide bonds. The fraction of sp³-hybridized carbons (Fsp3) is 0.500. The summed E-state index contributed by atoms with van der Waals surface area (Å²) in [6, 6.07) is 0. The van der Waals surface area contributed by atoms with Gasteiger partial charge in [-0.1, -0.05) is 0 Å². The van der Waals surface area contributed by atoms with Crippen LogP contribution >= 0.6 is 0 Å². The average Bonchev–Trinajstić information content (AvgIpc) is 2.70. The average molecular weight is 204 g/mol. The Kier molecular flexibility index (Phi) is 2.89. The highest BCUT2D eigenvalue weighted by Crippen LogP contribution is 2.05. The second-order valence-corrected chi connectivity index (χ2v) is 2.28. The summed E-state index contributed by atoms with van der Waals surface area (Å²) in [7, 11) is 0. The molecule has 1 aliphatic heterocycles. The molecule has 0 aliphatic carbocycles. The van der Waals surface area contributed by atoms with Crippen LogP contribution in [0.3, 0.4) is 0 Å². The quantitative estimate of drug-likeness (QED) is 0.258. The Morgan fingerprint density at radius 2 is 1.57 bits per heavy atom. The molecule has 0 saturated carbocycles. The molecule has 0 aromatic rings. The molecule has 0 unspecified atom stereocenters. The first-order valence-corrected chi connectivity index (χ1v) is 3.57. The standard InChI is InChI=1S/C4H8N6O4/c11-7-9(13)4(10(14)8-12)3-5-1-2-6-3/h5-6,11-12H,1-2H2/b9-7-,10-8-. The van der Waals surface area contributed by atoms with Crippen molar-refractivity contribution in [2.24, 2.45) is 10.6 Å². The monoisotopic (exact) mass is 204 g/mol. The van der Waals surface area contributed by atoms with E-state index >= 15 is 0 Å². The van der Waals surface area contributed by atoms with Gasteiger partial charge in [-0.05, 0) is 0 Å². The van der Waals surface area contributed by atoms with Crippen molar-refractivity contribution in [1.82, 2.24) is 10.6 Å². The van der Waals surface area contributed by atoms with E-state index in [0.29, 0.717) is 13.1 Å². The molecule has 1 heterocycles. The lowest BCUT2D eigenvalue weighted by Crippen LogP contribution is -2.23. The zero-order chi connectivity index (χ0) is 10.6. The van der Waals surface area contributed by atoms with E-state index in [1.165, 1.54) is 0 Å².